The fraction of sp³-hybridized carbons (Fsp3) is 0.0833. The second-order valence-corrected chi connectivity index (χ2v) is 6.74. The van der Waals surface area contributed by atoms with Crippen LogP contribution in [0.4, 0.5) is 0 Å². The molecule has 0 aliphatic rings. The number of hydrogen-bond acceptors (Lipinski definition) is 4. The second-order valence-electron chi connectivity index (χ2n) is 6.31. The van der Waals surface area contributed by atoms with Crippen LogP contribution in [0.15, 0.2) is 78.9 Å². The van der Waals surface area contributed by atoms with Crippen LogP contribution in [0.5, 0.6) is 11.5 Å². The molecule has 0 aliphatic carbocycles. The molecule has 0 unspecified atom stereocenters. The Labute approximate surface area is 174 Å². The van der Waals surface area contributed by atoms with E-state index < -0.39 is 5.97 Å². The summed E-state index contributed by atoms with van der Waals surface area (Å²) in [6, 6.07) is 21.1. The number of benzene rings is 3. The molecular weight excluding hydrogens is 388 g/mol. The summed E-state index contributed by atoms with van der Waals surface area (Å²) in [6.07, 6.45) is 3.23. The summed E-state index contributed by atoms with van der Waals surface area (Å²) in [4.78, 5) is 24.1. The summed E-state index contributed by atoms with van der Waals surface area (Å²) in [5.41, 5.74) is 2.29. The maximum Gasteiger partial charge on any atom is 0.349 e. The van der Waals surface area contributed by atoms with Crippen molar-refractivity contribution in [3.05, 3.63) is 101 Å². The van der Waals surface area contributed by atoms with Crippen LogP contribution in [-0.4, -0.2) is 18.4 Å². The van der Waals surface area contributed by atoms with Gasteiger partial charge in [0, 0.05) is 10.6 Å². The second kappa shape index (κ2) is 9.71. The predicted octanol–water partition coefficient (Wildman–Crippen LogP) is 5.53. The average molecular weight is 407 g/mol. The highest BCUT2D eigenvalue weighted by Gasteiger charge is 2.08. The predicted molar refractivity (Wildman–Crippen MR) is 114 cm³/mol. The standard InChI is InChI=1S/C24H19ClO4/c1-17-15-20(25)10-14-23(17)28-16-24(27)29-21-11-7-18(8-12-21)9-13-22(26)19-5-3-2-4-6-19/h2-15H,16H2,1H3. The Bertz CT molecular complexity index is 1020. The minimum atomic E-state index is -0.512. The van der Waals surface area contributed by atoms with E-state index in [0.29, 0.717) is 22.1 Å². The van der Waals surface area contributed by atoms with Gasteiger partial charge in [-0.05, 0) is 54.5 Å². The van der Waals surface area contributed by atoms with Gasteiger partial charge in [0.2, 0.25) is 0 Å². The molecule has 0 bridgehead atoms. The van der Waals surface area contributed by atoms with Crippen molar-refractivity contribution in [3.8, 4) is 11.5 Å². The number of ether oxygens (including phenoxy) is 2. The smallest absolute Gasteiger partial charge is 0.349 e. The molecule has 0 amide bonds. The number of carbonyl (C=O) groups excluding carboxylic acids is 2. The van der Waals surface area contributed by atoms with Crippen molar-refractivity contribution >= 4 is 29.4 Å². The summed E-state index contributed by atoms with van der Waals surface area (Å²) in [6.45, 7) is 1.64. The van der Waals surface area contributed by atoms with Gasteiger partial charge in [-0.3, -0.25) is 4.79 Å². The molecule has 0 saturated carbocycles. The number of rotatable bonds is 7. The lowest BCUT2D eigenvalue weighted by molar-refractivity contribution is -0.136. The molecule has 146 valence electrons. The molecule has 0 aliphatic heterocycles. The number of halogens is 1. The Morgan fingerprint density at radius 2 is 1.69 bits per heavy atom. The zero-order valence-corrected chi connectivity index (χ0v) is 16.6. The zero-order chi connectivity index (χ0) is 20.6. The first kappa shape index (κ1) is 20.4. The van der Waals surface area contributed by atoms with Crippen LogP contribution in [0.2, 0.25) is 5.02 Å². The summed E-state index contributed by atoms with van der Waals surface area (Å²) in [5.74, 6) is 0.394. The van der Waals surface area contributed by atoms with Crippen molar-refractivity contribution in [2.75, 3.05) is 6.61 Å². The lowest BCUT2D eigenvalue weighted by Crippen LogP contribution is -2.18. The van der Waals surface area contributed by atoms with Crippen LogP contribution >= 0.6 is 11.6 Å². The van der Waals surface area contributed by atoms with E-state index in [1.165, 1.54) is 6.08 Å². The third-order valence-electron chi connectivity index (χ3n) is 4.08. The number of aryl methyl sites for hydroxylation is 1. The van der Waals surface area contributed by atoms with Crippen molar-refractivity contribution < 1.29 is 19.1 Å². The van der Waals surface area contributed by atoms with Crippen molar-refractivity contribution in [2.45, 2.75) is 6.92 Å². The van der Waals surface area contributed by atoms with Gasteiger partial charge in [0.15, 0.2) is 12.4 Å². The van der Waals surface area contributed by atoms with Gasteiger partial charge < -0.3 is 9.47 Å². The molecule has 3 aromatic carbocycles. The van der Waals surface area contributed by atoms with Crippen LogP contribution in [0.3, 0.4) is 0 Å². The topological polar surface area (TPSA) is 52.6 Å². The summed E-state index contributed by atoms with van der Waals surface area (Å²) >= 11 is 5.90. The Kier molecular flexibility index (Phi) is 6.82. The van der Waals surface area contributed by atoms with Crippen LogP contribution in [-0.2, 0) is 4.79 Å². The molecule has 0 N–H and O–H groups in total. The third kappa shape index (κ3) is 6.06. The highest BCUT2D eigenvalue weighted by atomic mass is 35.5. The number of allylic oxidation sites excluding steroid dienone is 1. The molecule has 0 saturated heterocycles. The van der Waals surface area contributed by atoms with Gasteiger partial charge in [-0.15, -0.1) is 0 Å². The Hall–Kier alpha value is -3.37. The van der Waals surface area contributed by atoms with E-state index in [1.807, 2.05) is 25.1 Å². The molecule has 0 spiro atoms. The normalized spacial score (nSPS) is 10.7. The van der Waals surface area contributed by atoms with Crippen LogP contribution in [0.1, 0.15) is 21.5 Å². The maximum absolute atomic E-state index is 12.1. The maximum atomic E-state index is 12.1. The van der Waals surface area contributed by atoms with Crippen molar-refractivity contribution in [3.63, 3.8) is 0 Å². The first-order valence-corrected chi connectivity index (χ1v) is 9.36. The molecule has 0 aromatic heterocycles. The van der Waals surface area contributed by atoms with E-state index >= 15 is 0 Å². The van der Waals surface area contributed by atoms with Gasteiger partial charge in [-0.25, -0.2) is 4.79 Å². The molecule has 0 fully saturated rings. The van der Waals surface area contributed by atoms with Crippen LogP contribution in [0, 0.1) is 6.92 Å². The summed E-state index contributed by atoms with van der Waals surface area (Å²) < 4.78 is 10.7. The molecule has 0 atom stereocenters. The lowest BCUT2D eigenvalue weighted by atomic mass is 10.1. The SMILES string of the molecule is Cc1cc(Cl)ccc1OCC(=O)Oc1ccc(C=CC(=O)c2ccccc2)cc1. The van der Waals surface area contributed by atoms with Crippen LogP contribution < -0.4 is 9.47 Å². The van der Waals surface area contributed by atoms with Gasteiger partial charge >= 0.3 is 5.97 Å². The molecule has 0 radical (unpaired) electrons. The quantitative estimate of drug-likeness (QED) is 0.224. The monoisotopic (exact) mass is 406 g/mol. The molecule has 3 rings (SSSR count). The van der Waals surface area contributed by atoms with Crippen LogP contribution in [0.25, 0.3) is 6.08 Å². The average Bonchev–Trinajstić information content (AvgIpc) is 2.73. The highest BCUT2D eigenvalue weighted by Crippen LogP contribution is 2.22. The third-order valence-corrected chi connectivity index (χ3v) is 4.31. The number of esters is 1. The Morgan fingerprint density at radius 1 is 0.966 bits per heavy atom. The van der Waals surface area contributed by atoms with E-state index in [0.717, 1.165) is 11.1 Å². The first-order valence-electron chi connectivity index (χ1n) is 8.98. The minimum absolute atomic E-state index is 0.0734. The Morgan fingerprint density at radius 3 is 2.38 bits per heavy atom. The van der Waals surface area contributed by atoms with Gasteiger partial charge in [-0.1, -0.05) is 60.1 Å². The summed E-state index contributed by atoms with van der Waals surface area (Å²) in [7, 11) is 0. The van der Waals surface area contributed by atoms with Gasteiger partial charge in [0.25, 0.3) is 0 Å². The fourth-order valence-corrected chi connectivity index (χ4v) is 2.82. The number of carbonyl (C=O) groups is 2. The van der Waals surface area contributed by atoms with Crippen molar-refractivity contribution in [1.82, 2.24) is 0 Å². The summed E-state index contributed by atoms with van der Waals surface area (Å²) in [5, 5.41) is 0.608. The zero-order valence-electron chi connectivity index (χ0n) is 15.8. The largest absolute Gasteiger partial charge is 0.482 e. The van der Waals surface area contributed by atoms with Gasteiger partial charge in [0.05, 0.1) is 0 Å². The Balaban J connectivity index is 1.52. The van der Waals surface area contributed by atoms with E-state index in [-0.39, 0.29) is 12.4 Å². The molecular formula is C24H19ClO4. The first-order chi connectivity index (χ1) is 14.0. The molecule has 0 heterocycles. The van der Waals surface area contributed by atoms with E-state index in [1.54, 1.807) is 60.7 Å². The molecule has 29 heavy (non-hydrogen) atoms. The van der Waals surface area contributed by atoms with Crippen molar-refractivity contribution in [2.24, 2.45) is 0 Å². The minimum Gasteiger partial charge on any atom is -0.482 e. The van der Waals surface area contributed by atoms with Gasteiger partial charge in [0.1, 0.15) is 11.5 Å². The highest BCUT2D eigenvalue weighted by molar-refractivity contribution is 6.30. The van der Waals surface area contributed by atoms with E-state index in [2.05, 4.69) is 0 Å². The lowest BCUT2D eigenvalue weighted by Gasteiger charge is -2.09. The molecule has 3 aromatic rings. The fourth-order valence-electron chi connectivity index (χ4n) is 2.59. The number of hydrogen-bond donors (Lipinski definition) is 0. The van der Waals surface area contributed by atoms with Crippen molar-refractivity contribution in [1.29, 1.82) is 0 Å². The van der Waals surface area contributed by atoms with E-state index in [9.17, 15) is 9.59 Å². The molecule has 5 heteroatoms. The van der Waals surface area contributed by atoms with Gasteiger partial charge in [-0.2, -0.15) is 0 Å². The molecule has 4 nitrogen and oxygen atoms in total. The number of ketones is 1. The van der Waals surface area contributed by atoms with E-state index in [4.69, 9.17) is 21.1 Å².